The van der Waals surface area contributed by atoms with Crippen molar-refractivity contribution < 1.29 is 23.4 Å². The van der Waals surface area contributed by atoms with Crippen molar-refractivity contribution in [2.75, 3.05) is 13.2 Å². The molecule has 2 aromatic carbocycles. The van der Waals surface area contributed by atoms with Crippen LogP contribution in [0.25, 0.3) is 0 Å². The fourth-order valence-electron chi connectivity index (χ4n) is 2.70. The second-order valence-corrected chi connectivity index (χ2v) is 5.66. The van der Waals surface area contributed by atoms with E-state index in [1.54, 1.807) is 18.2 Å². The number of nitrogens with zero attached hydrogens (tertiary/aromatic N) is 1. The van der Waals surface area contributed by atoms with E-state index in [1.165, 1.54) is 29.2 Å². The molecule has 1 aliphatic rings. The Morgan fingerprint density at radius 2 is 2.04 bits per heavy atom. The van der Waals surface area contributed by atoms with Crippen LogP contribution in [0, 0.1) is 11.6 Å². The molecule has 0 spiro atoms. The first-order valence-corrected chi connectivity index (χ1v) is 7.66. The van der Waals surface area contributed by atoms with Gasteiger partial charge in [-0.3, -0.25) is 4.79 Å². The molecule has 3 rings (SSSR count). The minimum absolute atomic E-state index is 0.0801. The van der Waals surface area contributed by atoms with Gasteiger partial charge in [-0.05, 0) is 29.8 Å². The molecule has 0 bridgehead atoms. The number of benzene rings is 2. The van der Waals surface area contributed by atoms with Crippen molar-refractivity contribution in [1.82, 2.24) is 4.90 Å². The van der Waals surface area contributed by atoms with E-state index in [2.05, 4.69) is 0 Å². The molecule has 1 aliphatic heterocycles. The third-order valence-electron chi connectivity index (χ3n) is 4.00. The van der Waals surface area contributed by atoms with Crippen LogP contribution in [0.15, 0.2) is 42.5 Å². The number of aliphatic hydroxyl groups excluding tert-OH is 1. The van der Waals surface area contributed by atoms with Crippen molar-refractivity contribution in [1.29, 1.82) is 0 Å². The lowest BCUT2D eigenvalue weighted by molar-refractivity contribution is -0.134. The highest BCUT2D eigenvalue weighted by molar-refractivity contribution is 5.77. The summed E-state index contributed by atoms with van der Waals surface area (Å²) in [7, 11) is 0. The largest absolute Gasteiger partial charge is 0.491 e. The minimum Gasteiger partial charge on any atom is -0.491 e. The molecule has 0 radical (unpaired) electrons. The Bertz CT molecular complexity index is 751. The predicted octanol–water partition coefficient (Wildman–Crippen LogP) is 2.81. The van der Waals surface area contributed by atoms with Crippen LogP contribution >= 0.6 is 0 Å². The number of fused-ring (bicyclic) bond motifs is 1. The van der Waals surface area contributed by atoms with Gasteiger partial charge in [0.25, 0.3) is 0 Å². The summed E-state index contributed by atoms with van der Waals surface area (Å²) in [5.41, 5.74) is 0.657. The fraction of sp³-hybridized carbons (Fsp3) is 0.278. The minimum atomic E-state index is -1.11. The van der Waals surface area contributed by atoms with Gasteiger partial charge in [0.1, 0.15) is 24.0 Å². The summed E-state index contributed by atoms with van der Waals surface area (Å²) in [6.45, 7) is 0.623. The molecule has 0 fully saturated rings. The van der Waals surface area contributed by atoms with Crippen LogP contribution < -0.4 is 4.74 Å². The number of amides is 1. The summed E-state index contributed by atoms with van der Waals surface area (Å²) in [5.74, 6) is -0.821. The van der Waals surface area contributed by atoms with Crippen LogP contribution in [0.2, 0.25) is 0 Å². The van der Waals surface area contributed by atoms with Gasteiger partial charge in [-0.15, -0.1) is 0 Å². The Kier molecular flexibility index (Phi) is 4.76. The van der Waals surface area contributed by atoms with Gasteiger partial charge in [-0.25, -0.2) is 8.78 Å². The lowest BCUT2D eigenvalue weighted by Gasteiger charge is -2.21. The molecule has 0 saturated carbocycles. The van der Waals surface area contributed by atoms with Crippen LogP contribution in [-0.2, 0) is 11.3 Å². The number of carbonyl (C=O) groups excluding carboxylic acids is 1. The number of hydrogen-bond acceptors (Lipinski definition) is 3. The Balaban J connectivity index is 1.72. The number of ether oxygens (including phenoxy) is 1. The van der Waals surface area contributed by atoms with Crippen molar-refractivity contribution in [3.63, 3.8) is 0 Å². The highest BCUT2D eigenvalue weighted by Gasteiger charge is 2.24. The van der Waals surface area contributed by atoms with Crippen molar-refractivity contribution in [3.05, 3.63) is 65.2 Å². The van der Waals surface area contributed by atoms with Crippen molar-refractivity contribution >= 4 is 5.91 Å². The number of rotatable bonds is 3. The SMILES string of the molecule is O=C(CC(O)c1cccc(F)c1)N1CCOc2cccc(F)c2C1. The van der Waals surface area contributed by atoms with Gasteiger partial charge in [0.05, 0.1) is 25.6 Å². The van der Waals surface area contributed by atoms with E-state index in [9.17, 15) is 18.7 Å². The van der Waals surface area contributed by atoms with Crippen LogP contribution in [0.5, 0.6) is 5.75 Å². The van der Waals surface area contributed by atoms with Gasteiger partial charge in [0, 0.05) is 5.56 Å². The number of hydrogen-bond donors (Lipinski definition) is 1. The summed E-state index contributed by atoms with van der Waals surface area (Å²) >= 11 is 0. The molecule has 0 aromatic heterocycles. The van der Waals surface area contributed by atoms with E-state index in [4.69, 9.17) is 4.74 Å². The number of halogens is 2. The molecule has 1 N–H and O–H groups in total. The maximum absolute atomic E-state index is 14.0. The monoisotopic (exact) mass is 333 g/mol. The van der Waals surface area contributed by atoms with Crippen LogP contribution in [0.1, 0.15) is 23.7 Å². The molecule has 2 aromatic rings. The number of aliphatic hydroxyl groups is 1. The smallest absolute Gasteiger partial charge is 0.225 e. The molecule has 6 heteroatoms. The molecule has 1 unspecified atom stereocenters. The summed E-state index contributed by atoms with van der Waals surface area (Å²) in [5, 5.41) is 10.1. The average molecular weight is 333 g/mol. The molecule has 126 valence electrons. The zero-order valence-electron chi connectivity index (χ0n) is 12.9. The highest BCUT2D eigenvalue weighted by atomic mass is 19.1. The predicted molar refractivity (Wildman–Crippen MR) is 83.3 cm³/mol. The molecular formula is C18H17F2NO3. The van der Waals surface area contributed by atoms with Gasteiger partial charge in [-0.1, -0.05) is 18.2 Å². The molecule has 4 nitrogen and oxygen atoms in total. The van der Waals surface area contributed by atoms with Gasteiger partial charge < -0.3 is 14.7 Å². The second kappa shape index (κ2) is 6.97. The first-order chi connectivity index (χ1) is 11.5. The zero-order chi connectivity index (χ0) is 17.1. The molecule has 0 saturated heterocycles. The van der Waals surface area contributed by atoms with Crippen molar-refractivity contribution in [2.24, 2.45) is 0 Å². The number of carbonyl (C=O) groups is 1. The summed E-state index contributed by atoms with van der Waals surface area (Å²) in [4.78, 5) is 13.9. The topological polar surface area (TPSA) is 49.8 Å². The second-order valence-electron chi connectivity index (χ2n) is 5.66. The Morgan fingerprint density at radius 3 is 2.83 bits per heavy atom. The summed E-state index contributed by atoms with van der Waals surface area (Å²) in [6, 6.07) is 10.0. The average Bonchev–Trinajstić information content (AvgIpc) is 2.78. The Hall–Kier alpha value is -2.47. The van der Waals surface area contributed by atoms with Crippen LogP contribution in [0.4, 0.5) is 8.78 Å². The van der Waals surface area contributed by atoms with Gasteiger partial charge in [-0.2, -0.15) is 0 Å². The van der Waals surface area contributed by atoms with E-state index in [0.29, 0.717) is 23.4 Å². The third-order valence-corrected chi connectivity index (χ3v) is 4.00. The molecule has 1 amide bonds. The third kappa shape index (κ3) is 3.54. The van der Waals surface area contributed by atoms with Gasteiger partial charge in [0.15, 0.2) is 0 Å². The van der Waals surface area contributed by atoms with E-state index in [0.717, 1.165) is 0 Å². The first kappa shape index (κ1) is 16.4. The molecule has 1 heterocycles. The van der Waals surface area contributed by atoms with Gasteiger partial charge in [0.2, 0.25) is 5.91 Å². The Morgan fingerprint density at radius 1 is 1.25 bits per heavy atom. The quantitative estimate of drug-likeness (QED) is 0.940. The Labute approximate surface area is 138 Å². The fourth-order valence-corrected chi connectivity index (χ4v) is 2.70. The van der Waals surface area contributed by atoms with Crippen LogP contribution in [0.3, 0.4) is 0 Å². The van der Waals surface area contributed by atoms with E-state index >= 15 is 0 Å². The molecule has 0 aliphatic carbocycles. The molecule has 1 atom stereocenters. The lowest BCUT2D eigenvalue weighted by atomic mass is 10.1. The van der Waals surface area contributed by atoms with E-state index < -0.39 is 17.7 Å². The molecule has 24 heavy (non-hydrogen) atoms. The van der Waals surface area contributed by atoms with E-state index in [1.807, 2.05) is 0 Å². The normalized spacial score (nSPS) is 15.2. The summed E-state index contributed by atoms with van der Waals surface area (Å²) in [6.07, 6.45) is -1.31. The maximum atomic E-state index is 14.0. The standard InChI is InChI=1S/C18H17F2NO3/c19-13-4-1-3-12(9-13)16(22)10-18(23)21-7-8-24-17-6-2-5-15(20)14(17)11-21/h1-6,9,16,22H,7-8,10-11H2. The highest BCUT2D eigenvalue weighted by Crippen LogP contribution is 2.27. The van der Waals surface area contributed by atoms with Crippen molar-refractivity contribution in [2.45, 2.75) is 19.1 Å². The maximum Gasteiger partial charge on any atom is 0.225 e. The van der Waals surface area contributed by atoms with E-state index in [-0.39, 0.29) is 25.5 Å². The van der Waals surface area contributed by atoms with Gasteiger partial charge >= 0.3 is 0 Å². The zero-order valence-corrected chi connectivity index (χ0v) is 12.9. The van der Waals surface area contributed by atoms with Crippen LogP contribution in [-0.4, -0.2) is 29.1 Å². The summed E-state index contributed by atoms with van der Waals surface area (Å²) < 4.78 is 32.6. The molecular weight excluding hydrogens is 316 g/mol. The van der Waals surface area contributed by atoms with Crippen molar-refractivity contribution in [3.8, 4) is 5.75 Å². The first-order valence-electron chi connectivity index (χ1n) is 7.66. The lowest BCUT2D eigenvalue weighted by Crippen LogP contribution is -2.33.